The van der Waals surface area contributed by atoms with Gasteiger partial charge in [0.05, 0.1) is 11.7 Å². The molecule has 1 aliphatic heterocycles. The van der Waals surface area contributed by atoms with Gasteiger partial charge < -0.3 is 5.32 Å². The lowest BCUT2D eigenvalue weighted by atomic mass is 10.0. The summed E-state index contributed by atoms with van der Waals surface area (Å²) in [5.74, 6) is 0. The summed E-state index contributed by atoms with van der Waals surface area (Å²) in [4.78, 5) is 7.32. The monoisotopic (exact) mass is 301 g/mol. The summed E-state index contributed by atoms with van der Waals surface area (Å²) in [7, 11) is 0. The van der Waals surface area contributed by atoms with Gasteiger partial charge in [-0.25, -0.2) is 0 Å². The van der Waals surface area contributed by atoms with E-state index in [1.165, 1.54) is 23.2 Å². The average Bonchev–Trinajstić information content (AvgIpc) is 2.91. The highest BCUT2D eigenvalue weighted by atomic mass is 32.1. The first kappa shape index (κ1) is 14.7. The largest absolute Gasteiger partial charge is 0.315 e. The van der Waals surface area contributed by atoms with Crippen LogP contribution in [0, 0.1) is 0 Å². The Hall–Kier alpha value is -1.23. The molecule has 3 nitrogen and oxygen atoms in total. The normalized spacial score (nSPS) is 18.3. The minimum atomic E-state index is 0.294. The van der Waals surface area contributed by atoms with Gasteiger partial charge in [-0.3, -0.25) is 9.88 Å². The average molecular weight is 301 g/mol. The first-order valence-corrected chi connectivity index (χ1v) is 8.74. The van der Waals surface area contributed by atoms with Crippen LogP contribution >= 0.6 is 11.3 Å². The predicted molar refractivity (Wildman–Crippen MR) is 88.8 cm³/mol. The van der Waals surface area contributed by atoms with E-state index in [1.54, 1.807) is 11.3 Å². The predicted octanol–water partition coefficient (Wildman–Crippen LogP) is 3.09. The number of thiophene rings is 1. The molecule has 0 bridgehead atoms. The van der Waals surface area contributed by atoms with Gasteiger partial charge in [0.2, 0.25) is 0 Å². The van der Waals surface area contributed by atoms with Crippen LogP contribution in [0.1, 0.15) is 36.2 Å². The first-order chi connectivity index (χ1) is 10.4. The molecule has 0 aliphatic carbocycles. The number of hydrogen-bond donors (Lipinski definition) is 1. The fourth-order valence-electron chi connectivity index (χ4n) is 2.93. The summed E-state index contributed by atoms with van der Waals surface area (Å²) in [6.07, 6.45) is 4.28. The molecular weight excluding hydrogens is 278 g/mol. The van der Waals surface area contributed by atoms with Gasteiger partial charge in [0.15, 0.2) is 0 Å². The summed E-state index contributed by atoms with van der Waals surface area (Å²) in [5.41, 5.74) is 3.85. The number of pyridine rings is 1. The van der Waals surface area contributed by atoms with Crippen molar-refractivity contribution in [1.82, 2.24) is 15.2 Å². The molecule has 21 heavy (non-hydrogen) atoms. The molecule has 112 valence electrons. The smallest absolute Gasteiger partial charge is 0.0784 e. The molecule has 1 atom stereocenters. The van der Waals surface area contributed by atoms with Crippen molar-refractivity contribution in [3.63, 3.8) is 0 Å². The van der Waals surface area contributed by atoms with Crippen LogP contribution in [0.5, 0.6) is 0 Å². The van der Waals surface area contributed by atoms with Crippen molar-refractivity contribution in [2.75, 3.05) is 26.2 Å². The van der Waals surface area contributed by atoms with Gasteiger partial charge >= 0.3 is 0 Å². The Morgan fingerprint density at radius 1 is 1.29 bits per heavy atom. The first-order valence-electron chi connectivity index (χ1n) is 7.80. The van der Waals surface area contributed by atoms with E-state index in [4.69, 9.17) is 4.98 Å². The summed E-state index contributed by atoms with van der Waals surface area (Å²) in [6, 6.07) is 6.96. The maximum Gasteiger partial charge on any atom is 0.0784 e. The van der Waals surface area contributed by atoms with Gasteiger partial charge in [-0.2, -0.15) is 11.3 Å². The fraction of sp³-hybridized carbons (Fsp3) is 0.471. The zero-order valence-corrected chi connectivity index (χ0v) is 13.4. The molecule has 1 unspecified atom stereocenters. The van der Waals surface area contributed by atoms with E-state index in [9.17, 15) is 0 Å². The number of nitrogens with zero attached hydrogens (tertiary/aromatic N) is 2. The van der Waals surface area contributed by atoms with E-state index in [-0.39, 0.29) is 0 Å². The van der Waals surface area contributed by atoms with E-state index >= 15 is 0 Å². The Balaban J connectivity index is 1.91. The van der Waals surface area contributed by atoms with Crippen LogP contribution in [0.3, 0.4) is 0 Å². The van der Waals surface area contributed by atoms with Crippen LogP contribution in [-0.2, 0) is 6.42 Å². The second-order valence-electron chi connectivity index (χ2n) is 5.54. The Kier molecular flexibility index (Phi) is 5.01. The summed E-state index contributed by atoms with van der Waals surface area (Å²) >= 11 is 1.77. The maximum atomic E-state index is 4.75. The second kappa shape index (κ2) is 7.16. The topological polar surface area (TPSA) is 28.2 Å². The standard InChI is InChI=1S/C17H23N3S/c1-2-14-4-5-16(19-12-14)17(15-6-11-21-13-15)20-9-3-7-18-8-10-20/h4-6,11-13,17-18H,2-3,7-10H2,1H3. The van der Waals surface area contributed by atoms with Crippen molar-refractivity contribution in [1.29, 1.82) is 0 Å². The van der Waals surface area contributed by atoms with Gasteiger partial charge in [-0.05, 0) is 53.4 Å². The summed E-state index contributed by atoms with van der Waals surface area (Å²) < 4.78 is 0. The third kappa shape index (κ3) is 3.51. The quantitative estimate of drug-likeness (QED) is 0.940. The van der Waals surface area contributed by atoms with Gasteiger partial charge in [-0.15, -0.1) is 0 Å². The molecule has 3 heterocycles. The van der Waals surface area contributed by atoms with Crippen LogP contribution < -0.4 is 5.32 Å². The number of rotatable bonds is 4. The zero-order chi connectivity index (χ0) is 14.5. The zero-order valence-electron chi connectivity index (χ0n) is 12.6. The number of hydrogen-bond acceptors (Lipinski definition) is 4. The molecule has 3 rings (SSSR count). The SMILES string of the molecule is CCc1ccc(C(c2ccsc2)N2CCCNCC2)nc1. The number of aryl methyl sites for hydroxylation is 1. The highest BCUT2D eigenvalue weighted by Gasteiger charge is 2.24. The Morgan fingerprint density at radius 3 is 2.95 bits per heavy atom. The van der Waals surface area contributed by atoms with Gasteiger partial charge in [0, 0.05) is 25.8 Å². The Labute approximate surface area is 131 Å². The van der Waals surface area contributed by atoms with E-state index in [1.807, 2.05) is 6.20 Å². The van der Waals surface area contributed by atoms with E-state index in [0.717, 1.165) is 32.6 Å². The fourth-order valence-corrected chi connectivity index (χ4v) is 3.61. The lowest BCUT2D eigenvalue weighted by molar-refractivity contribution is 0.237. The van der Waals surface area contributed by atoms with Gasteiger partial charge in [-0.1, -0.05) is 13.0 Å². The molecule has 1 saturated heterocycles. The maximum absolute atomic E-state index is 4.75. The van der Waals surface area contributed by atoms with Crippen LogP contribution in [-0.4, -0.2) is 36.1 Å². The van der Waals surface area contributed by atoms with Crippen molar-refractivity contribution in [3.05, 3.63) is 52.0 Å². The molecule has 0 radical (unpaired) electrons. The molecule has 1 fully saturated rings. The molecule has 0 amide bonds. The molecule has 0 spiro atoms. The van der Waals surface area contributed by atoms with Crippen molar-refractivity contribution >= 4 is 11.3 Å². The third-order valence-corrected chi connectivity index (χ3v) is 4.84. The molecule has 1 aliphatic rings. The molecule has 0 saturated carbocycles. The Morgan fingerprint density at radius 2 is 2.24 bits per heavy atom. The Bertz CT molecular complexity index is 528. The van der Waals surface area contributed by atoms with Crippen molar-refractivity contribution in [2.24, 2.45) is 0 Å². The minimum absolute atomic E-state index is 0.294. The lowest BCUT2D eigenvalue weighted by Crippen LogP contribution is -2.33. The lowest BCUT2D eigenvalue weighted by Gasteiger charge is -2.29. The molecule has 4 heteroatoms. The molecular formula is C17H23N3S. The third-order valence-electron chi connectivity index (χ3n) is 4.13. The van der Waals surface area contributed by atoms with E-state index in [2.05, 4.69) is 46.1 Å². The van der Waals surface area contributed by atoms with Crippen LogP contribution in [0.25, 0.3) is 0 Å². The van der Waals surface area contributed by atoms with E-state index in [0.29, 0.717) is 6.04 Å². The highest BCUT2D eigenvalue weighted by molar-refractivity contribution is 7.08. The minimum Gasteiger partial charge on any atom is -0.315 e. The number of nitrogens with one attached hydrogen (secondary N) is 1. The molecule has 2 aromatic heterocycles. The van der Waals surface area contributed by atoms with Crippen LogP contribution in [0.2, 0.25) is 0 Å². The molecule has 1 N–H and O–H groups in total. The molecule has 0 aromatic carbocycles. The highest BCUT2D eigenvalue weighted by Crippen LogP contribution is 2.29. The van der Waals surface area contributed by atoms with Crippen molar-refractivity contribution in [2.45, 2.75) is 25.8 Å². The van der Waals surface area contributed by atoms with Crippen molar-refractivity contribution < 1.29 is 0 Å². The van der Waals surface area contributed by atoms with Gasteiger partial charge in [0.1, 0.15) is 0 Å². The van der Waals surface area contributed by atoms with Crippen LogP contribution in [0.4, 0.5) is 0 Å². The molecule has 2 aromatic rings. The van der Waals surface area contributed by atoms with Crippen LogP contribution in [0.15, 0.2) is 35.2 Å². The van der Waals surface area contributed by atoms with E-state index < -0.39 is 0 Å². The van der Waals surface area contributed by atoms with Gasteiger partial charge in [0.25, 0.3) is 0 Å². The summed E-state index contributed by atoms with van der Waals surface area (Å²) in [6.45, 7) is 6.57. The second-order valence-corrected chi connectivity index (χ2v) is 6.32. The summed E-state index contributed by atoms with van der Waals surface area (Å²) in [5, 5.41) is 7.92. The van der Waals surface area contributed by atoms with Crippen molar-refractivity contribution in [3.8, 4) is 0 Å². The number of aromatic nitrogens is 1.